The summed E-state index contributed by atoms with van der Waals surface area (Å²) in [5.74, 6) is 0. The predicted octanol–water partition coefficient (Wildman–Crippen LogP) is 2.62. The highest BCUT2D eigenvalue weighted by molar-refractivity contribution is 6.06. The molecule has 0 bridgehead atoms. The monoisotopic (exact) mass is 228 g/mol. The quantitative estimate of drug-likeness (QED) is 0.485. The molecule has 4 heteroatoms. The van der Waals surface area contributed by atoms with Crippen molar-refractivity contribution in [3.63, 3.8) is 0 Å². The van der Waals surface area contributed by atoms with Gasteiger partial charge >= 0.3 is 0 Å². The number of hydrogen-bond acceptors (Lipinski definition) is 0. The summed E-state index contributed by atoms with van der Waals surface area (Å²) in [6.45, 7) is 2.05. The number of hydrogen-bond donors (Lipinski definition) is 0. The molecule has 0 aliphatic rings. The van der Waals surface area contributed by atoms with Crippen LogP contribution in [0.25, 0.3) is 0 Å². The molecule has 0 radical (unpaired) electrons. The Bertz CT molecular complexity index is 120. The molecule has 0 atom stereocenters. The maximum Gasteiger partial charge on any atom is 0.164 e. The standard InChI is InChI=1S/C9H22Cl2N2/c1-12(2,10)8-6-5-7-9-13(3,4)11/h5-9H2,1-4H3/q+2. The Kier molecular flexibility index (Phi) is 5.61. The molecule has 0 aromatic carbocycles. The van der Waals surface area contributed by atoms with Gasteiger partial charge in [-0.05, 0) is 19.3 Å². The van der Waals surface area contributed by atoms with E-state index in [0.717, 1.165) is 13.1 Å². The molecule has 13 heavy (non-hydrogen) atoms. The molecule has 0 amide bonds. The van der Waals surface area contributed by atoms with Crippen LogP contribution < -0.4 is 0 Å². The van der Waals surface area contributed by atoms with Crippen LogP contribution in [-0.2, 0) is 0 Å². The summed E-state index contributed by atoms with van der Waals surface area (Å²) in [6.07, 6.45) is 3.56. The minimum absolute atomic E-state index is 0.541. The number of nitrogens with zero attached hydrogens (tertiary/aromatic N) is 2. The third-order valence-electron chi connectivity index (χ3n) is 1.88. The fourth-order valence-electron chi connectivity index (χ4n) is 1.15. The fraction of sp³-hybridized carbons (Fsp3) is 1.00. The first kappa shape index (κ1) is 13.5. The van der Waals surface area contributed by atoms with Crippen LogP contribution in [0, 0.1) is 0 Å². The molecule has 2 nitrogen and oxygen atoms in total. The van der Waals surface area contributed by atoms with Gasteiger partial charge in [0.05, 0.1) is 41.3 Å². The molecule has 0 saturated carbocycles. The molecule has 80 valence electrons. The van der Waals surface area contributed by atoms with Crippen molar-refractivity contribution in [2.75, 3.05) is 41.3 Å². The van der Waals surface area contributed by atoms with Crippen molar-refractivity contribution in [1.82, 2.24) is 0 Å². The van der Waals surface area contributed by atoms with Crippen molar-refractivity contribution in [3.05, 3.63) is 0 Å². The summed E-state index contributed by atoms with van der Waals surface area (Å²) in [4.78, 5) is 0. The Balaban J connectivity index is 3.28. The van der Waals surface area contributed by atoms with Gasteiger partial charge in [0.25, 0.3) is 0 Å². The van der Waals surface area contributed by atoms with E-state index in [9.17, 15) is 0 Å². The summed E-state index contributed by atoms with van der Waals surface area (Å²) >= 11 is 12.0. The summed E-state index contributed by atoms with van der Waals surface area (Å²) in [6, 6.07) is 0. The molecule has 0 aromatic rings. The van der Waals surface area contributed by atoms with E-state index in [1.54, 1.807) is 0 Å². The molecule has 0 unspecified atom stereocenters. The Morgan fingerprint density at radius 2 is 1.00 bits per heavy atom. The topological polar surface area (TPSA) is 0 Å². The average molecular weight is 229 g/mol. The molecule has 0 saturated heterocycles. The predicted molar refractivity (Wildman–Crippen MR) is 59.5 cm³/mol. The van der Waals surface area contributed by atoms with Gasteiger partial charge in [-0.2, -0.15) is 0 Å². The van der Waals surface area contributed by atoms with Crippen LogP contribution in [0.4, 0.5) is 0 Å². The van der Waals surface area contributed by atoms with Crippen LogP contribution in [-0.4, -0.2) is 49.3 Å². The summed E-state index contributed by atoms with van der Waals surface area (Å²) in [7, 11) is 8.01. The van der Waals surface area contributed by atoms with Gasteiger partial charge in [0.1, 0.15) is 0 Å². The number of unbranched alkanes of at least 4 members (excludes halogenated alkanes) is 2. The molecule has 0 fully saturated rings. The molecule has 0 heterocycles. The van der Waals surface area contributed by atoms with Crippen molar-refractivity contribution in [2.24, 2.45) is 0 Å². The van der Waals surface area contributed by atoms with Crippen LogP contribution in [0.2, 0.25) is 0 Å². The van der Waals surface area contributed by atoms with E-state index in [-0.39, 0.29) is 0 Å². The molecule has 0 N–H and O–H groups in total. The van der Waals surface area contributed by atoms with Gasteiger partial charge in [-0.3, -0.25) is 0 Å². The lowest BCUT2D eigenvalue weighted by molar-refractivity contribution is -0.774. The maximum absolute atomic E-state index is 6.01. The number of halogens is 2. The van der Waals surface area contributed by atoms with Crippen molar-refractivity contribution in [3.8, 4) is 0 Å². The summed E-state index contributed by atoms with van der Waals surface area (Å²) in [5.41, 5.74) is 0. The van der Waals surface area contributed by atoms with E-state index in [0.29, 0.717) is 8.00 Å². The zero-order chi connectivity index (χ0) is 10.5. The van der Waals surface area contributed by atoms with E-state index >= 15 is 0 Å². The van der Waals surface area contributed by atoms with Gasteiger partial charge in [-0.25, -0.2) is 8.00 Å². The highest BCUT2D eigenvalue weighted by Crippen LogP contribution is 2.10. The van der Waals surface area contributed by atoms with E-state index in [4.69, 9.17) is 23.6 Å². The Morgan fingerprint density at radius 1 is 0.692 bits per heavy atom. The van der Waals surface area contributed by atoms with Gasteiger partial charge in [-0.1, -0.05) is 0 Å². The van der Waals surface area contributed by atoms with Crippen LogP contribution in [0.5, 0.6) is 0 Å². The molecular formula is C9H22Cl2N2+2. The highest BCUT2D eigenvalue weighted by Gasteiger charge is 2.13. The first-order valence-corrected chi connectivity index (χ1v) is 5.44. The zero-order valence-electron chi connectivity index (χ0n) is 9.19. The largest absolute Gasteiger partial charge is 0.227 e. The van der Waals surface area contributed by atoms with Crippen molar-refractivity contribution >= 4 is 23.6 Å². The second kappa shape index (κ2) is 5.40. The van der Waals surface area contributed by atoms with Crippen LogP contribution >= 0.6 is 23.6 Å². The molecule has 0 aromatic heterocycles. The lowest BCUT2D eigenvalue weighted by Crippen LogP contribution is -2.30. The smallest absolute Gasteiger partial charge is 0.164 e. The second-order valence-corrected chi connectivity index (χ2v) is 6.41. The third kappa shape index (κ3) is 12.5. The Hall–Kier alpha value is 0.500. The maximum atomic E-state index is 6.01. The van der Waals surface area contributed by atoms with E-state index in [1.165, 1.54) is 19.3 Å². The SMILES string of the molecule is C[N+](C)(Cl)CCCCC[N+](C)(C)Cl. The Labute approximate surface area is 92.4 Å². The number of rotatable bonds is 6. The van der Waals surface area contributed by atoms with Gasteiger partial charge in [0.15, 0.2) is 23.6 Å². The van der Waals surface area contributed by atoms with Crippen molar-refractivity contribution in [2.45, 2.75) is 19.3 Å². The first-order valence-electron chi connectivity index (χ1n) is 4.76. The van der Waals surface area contributed by atoms with Crippen molar-refractivity contribution in [1.29, 1.82) is 0 Å². The van der Waals surface area contributed by atoms with Crippen LogP contribution in [0.15, 0.2) is 0 Å². The van der Waals surface area contributed by atoms with Gasteiger partial charge in [0.2, 0.25) is 0 Å². The molecule has 0 aliphatic heterocycles. The summed E-state index contributed by atoms with van der Waals surface area (Å²) in [5, 5.41) is 0. The normalized spacial score (nSPS) is 13.4. The molecule has 0 aliphatic carbocycles. The van der Waals surface area contributed by atoms with E-state index < -0.39 is 0 Å². The van der Waals surface area contributed by atoms with Gasteiger partial charge in [-0.15, -0.1) is 0 Å². The fourth-order valence-corrected chi connectivity index (χ4v) is 1.39. The minimum atomic E-state index is 0.541. The van der Waals surface area contributed by atoms with E-state index in [1.807, 2.05) is 28.2 Å². The third-order valence-corrected chi connectivity index (χ3v) is 2.22. The minimum Gasteiger partial charge on any atom is -0.227 e. The lowest BCUT2D eigenvalue weighted by Gasteiger charge is -2.19. The highest BCUT2D eigenvalue weighted by atomic mass is 35.5. The molecular weight excluding hydrogens is 207 g/mol. The lowest BCUT2D eigenvalue weighted by atomic mass is 10.2. The summed E-state index contributed by atoms with van der Waals surface area (Å²) < 4.78 is 1.08. The zero-order valence-corrected chi connectivity index (χ0v) is 10.7. The molecule has 0 rings (SSSR count). The number of quaternary nitrogens is 2. The second-order valence-electron chi connectivity index (χ2n) is 4.58. The first-order chi connectivity index (χ1) is 5.71. The van der Waals surface area contributed by atoms with E-state index in [2.05, 4.69) is 0 Å². The Morgan fingerprint density at radius 3 is 1.23 bits per heavy atom. The van der Waals surface area contributed by atoms with Gasteiger partial charge in [0, 0.05) is 0 Å². The molecule has 0 spiro atoms. The van der Waals surface area contributed by atoms with Crippen molar-refractivity contribution < 1.29 is 8.00 Å². The van der Waals surface area contributed by atoms with Gasteiger partial charge < -0.3 is 0 Å². The van der Waals surface area contributed by atoms with Crippen LogP contribution in [0.1, 0.15) is 19.3 Å². The average Bonchev–Trinajstić information content (AvgIpc) is 1.81. The van der Waals surface area contributed by atoms with Crippen LogP contribution in [0.3, 0.4) is 0 Å².